The van der Waals surface area contributed by atoms with Gasteiger partial charge in [-0.25, -0.2) is 12.8 Å². The van der Waals surface area contributed by atoms with E-state index in [1.165, 1.54) is 6.07 Å². The third-order valence-electron chi connectivity index (χ3n) is 4.45. The maximum atomic E-state index is 13.8. The monoisotopic (exact) mass is 296 g/mol. The van der Waals surface area contributed by atoms with Crippen LogP contribution in [0.15, 0.2) is 24.3 Å². The van der Waals surface area contributed by atoms with E-state index >= 15 is 0 Å². The van der Waals surface area contributed by atoms with E-state index in [1.54, 1.807) is 18.2 Å². The number of sulfone groups is 1. The molecular weight excluding hydrogens is 279 g/mol. The predicted octanol–water partition coefficient (Wildman–Crippen LogP) is 2.17. The van der Waals surface area contributed by atoms with E-state index in [0.717, 1.165) is 12.8 Å². The van der Waals surface area contributed by atoms with Crippen molar-refractivity contribution in [1.29, 1.82) is 5.41 Å². The molecule has 1 saturated carbocycles. The molecule has 0 radical (unpaired) electrons. The van der Waals surface area contributed by atoms with E-state index in [0.29, 0.717) is 18.4 Å². The van der Waals surface area contributed by atoms with E-state index in [9.17, 15) is 12.8 Å². The smallest absolute Gasteiger partial charge is 0.165 e. The fraction of sp³-hybridized carbons (Fsp3) is 0.500. The van der Waals surface area contributed by atoms with Gasteiger partial charge in [0.15, 0.2) is 9.84 Å². The zero-order valence-electron chi connectivity index (χ0n) is 11.0. The molecule has 1 atom stereocenters. The molecule has 0 aromatic heterocycles. The van der Waals surface area contributed by atoms with Crippen LogP contribution in [-0.4, -0.2) is 24.8 Å². The number of rotatable bonds is 1. The van der Waals surface area contributed by atoms with Crippen molar-refractivity contribution in [3.63, 3.8) is 0 Å². The van der Waals surface area contributed by atoms with Crippen LogP contribution < -0.4 is 5.32 Å². The number of benzene rings is 1. The second kappa shape index (κ2) is 4.55. The maximum Gasteiger partial charge on any atom is 0.165 e. The highest BCUT2D eigenvalue weighted by atomic mass is 32.2. The lowest BCUT2D eigenvalue weighted by Gasteiger charge is -2.38. The summed E-state index contributed by atoms with van der Waals surface area (Å²) in [4.78, 5) is 0. The van der Waals surface area contributed by atoms with Crippen LogP contribution in [0.25, 0.3) is 0 Å². The Bertz CT molecular complexity index is 651. The number of amidine groups is 1. The average molecular weight is 296 g/mol. The first-order chi connectivity index (χ1) is 9.46. The summed E-state index contributed by atoms with van der Waals surface area (Å²) in [6.07, 6.45) is 2.66. The Morgan fingerprint density at radius 1 is 1.25 bits per heavy atom. The van der Waals surface area contributed by atoms with Crippen LogP contribution in [0.3, 0.4) is 0 Å². The minimum absolute atomic E-state index is 0.0366. The molecule has 1 spiro atoms. The van der Waals surface area contributed by atoms with Gasteiger partial charge in [-0.05, 0) is 18.9 Å². The Labute approximate surface area is 117 Å². The number of nitrogens with one attached hydrogen (secondary N) is 2. The quantitative estimate of drug-likeness (QED) is 0.834. The summed E-state index contributed by atoms with van der Waals surface area (Å²) in [5.74, 6) is -0.541. The molecule has 108 valence electrons. The van der Waals surface area contributed by atoms with Crippen molar-refractivity contribution in [3.05, 3.63) is 35.6 Å². The van der Waals surface area contributed by atoms with Gasteiger partial charge in [-0.2, -0.15) is 0 Å². The molecule has 1 heterocycles. The summed E-state index contributed by atoms with van der Waals surface area (Å²) < 4.78 is 38.0. The first-order valence-electron chi connectivity index (χ1n) is 6.79. The Morgan fingerprint density at radius 2 is 1.90 bits per heavy atom. The van der Waals surface area contributed by atoms with Crippen LogP contribution in [0, 0.1) is 11.2 Å². The lowest BCUT2D eigenvalue weighted by atomic mass is 10.0. The highest BCUT2D eigenvalue weighted by Gasteiger charge is 2.53. The molecule has 1 aliphatic heterocycles. The fourth-order valence-electron chi connectivity index (χ4n) is 3.31. The normalized spacial score (nSPS) is 27.4. The molecule has 3 rings (SSSR count). The van der Waals surface area contributed by atoms with Crippen LogP contribution in [-0.2, 0) is 9.84 Å². The first-order valence-corrected chi connectivity index (χ1v) is 8.44. The standard InChI is InChI=1S/C14H17FN2O2S/c15-11-6-2-1-5-10(11)12-9-20(18,19)14(13(16)17-12)7-3-4-8-14/h1-2,5-6,12H,3-4,7-9H2,(H2,16,17). The third-order valence-corrected chi connectivity index (χ3v) is 7.02. The Kier molecular flexibility index (Phi) is 3.08. The largest absolute Gasteiger partial charge is 0.365 e. The van der Waals surface area contributed by atoms with Gasteiger partial charge in [0.05, 0.1) is 11.8 Å². The van der Waals surface area contributed by atoms with Gasteiger partial charge in [0.1, 0.15) is 16.4 Å². The Hall–Kier alpha value is -1.43. The van der Waals surface area contributed by atoms with Crippen LogP contribution in [0.5, 0.6) is 0 Å². The van der Waals surface area contributed by atoms with E-state index in [4.69, 9.17) is 5.41 Å². The molecule has 1 aromatic rings. The third kappa shape index (κ3) is 1.85. The molecule has 20 heavy (non-hydrogen) atoms. The topological polar surface area (TPSA) is 70.0 Å². The van der Waals surface area contributed by atoms with Gasteiger partial charge in [0.25, 0.3) is 0 Å². The van der Waals surface area contributed by atoms with Crippen LogP contribution in [0.2, 0.25) is 0 Å². The fourth-order valence-corrected chi connectivity index (χ4v) is 5.62. The lowest BCUT2D eigenvalue weighted by Crippen LogP contribution is -2.58. The van der Waals surface area contributed by atoms with Gasteiger partial charge >= 0.3 is 0 Å². The molecule has 1 unspecified atom stereocenters. The predicted molar refractivity (Wildman–Crippen MR) is 75.0 cm³/mol. The molecular formula is C14H17FN2O2S. The second-order valence-corrected chi connectivity index (χ2v) is 7.92. The molecule has 1 aliphatic carbocycles. The van der Waals surface area contributed by atoms with E-state index < -0.39 is 26.4 Å². The summed E-state index contributed by atoms with van der Waals surface area (Å²) in [5.41, 5.74) is 0.314. The van der Waals surface area contributed by atoms with Gasteiger partial charge in [0.2, 0.25) is 0 Å². The molecule has 2 fully saturated rings. The van der Waals surface area contributed by atoms with Crippen molar-refractivity contribution in [2.24, 2.45) is 0 Å². The highest BCUT2D eigenvalue weighted by Crippen LogP contribution is 2.42. The summed E-state index contributed by atoms with van der Waals surface area (Å²) in [6.45, 7) is 0. The van der Waals surface area contributed by atoms with E-state index in [-0.39, 0.29) is 11.6 Å². The Balaban J connectivity index is 1.98. The van der Waals surface area contributed by atoms with Crippen molar-refractivity contribution >= 4 is 15.7 Å². The average Bonchev–Trinajstić information content (AvgIpc) is 2.87. The van der Waals surface area contributed by atoms with Gasteiger partial charge in [0, 0.05) is 5.56 Å². The molecule has 1 saturated heterocycles. The lowest BCUT2D eigenvalue weighted by molar-refractivity contribution is 0.512. The zero-order valence-corrected chi connectivity index (χ0v) is 11.8. The van der Waals surface area contributed by atoms with Gasteiger partial charge in [-0.3, -0.25) is 5.41 Å². The van der Waals surface area contributed by atoms with Crippen molar-refractivity contribution in [2.75, 3.05) is 5.75 Å². The summed E-state index contributed by atoms with van der Waals surface area (Å²) in [7, 11) is -3.44. The highest BCUT2D eigenvalue weighted by molar-refractivity contribution is 7.93. The van der Waals surface area contributed by atoms with Crippen molar-refractivity contribution in [1.82, 2.24) is 5.32 Å². The molecule has 0 bridgehead atoms. The Morgan fingerprint density at radius 3 is 2.50 bits per heavy atom. The van der Waals surface area contributed by atoms with Gasteiger partial charge in [-0.1, -0.05) is 31.0 Å². The van der Waals surface area contributed by atoms with Crippen molar-refractivity contribution in [3.8, 4) is 0 Å². The first kappa shape index (κ1) is 13.5. The molecule has 1 aromatic carbocycles. The molecule has 2 aliphatic rings. The number of halogens is 1. The van der Waals surface area contributed by atoms with Crippen LogP contribution >= 0.6 is 0 Å². The molecule has 0 amide bonds. The summed E-state index contributed by atoms with van der Waals surface area (Å²) >= 11 is 0. The van der Waals surface area contributed by atoms with Gasteiger partial charge in [-0.15, -0.1) is 0 Å². The zero-order chi connectivity index (χ0) is 14.4. The minimum Gasteiger partial charge on any atom is -0.365 e. The SMILES string of the molecule is N=C1NC(c2ccccc2F)CS(=O)(=O)C12CCCC2. The van der Waals surface area contributed by atoms with Crippen LogP contribution in [0.1, 0.15) is 37.3 Å². The number of hydrogen-bond acceptors (Lipinski definition) is 3. The van der Waals surface area contributed by atoms with Gasteiger partial charge < -0.3 is 5.32 Å². The van der Waals surface area contributed by atoms with Crippen LogP contribution in [0.4, 0.5) is 4.39 Å². The van der Waals surface area contributed by atoms with E-state index in [2.05, 4.69) is 5.32 Å². The number of hydrogen-bond donors (Lipinski definition) is 2. The van der Waals surface area contributed by atoms with Crippen molar-refractivity contribution < 1.29 is 12.8 Å². The maximum absolute atomic E-state index is 13.8. The second-order valence-electron chi connectivity index (χ2n) is 5.58. The molecule has 4 nitrogen and oxygen atoms in total. The minimum atomic E-state index is -3.44. The van der Waals surface area contributed by atoms with E-state index in [1.807, 2.05) is 0 Å². The summed E-state index contributed by atoms with van der Waals surface area (Å²) in [6, 6.07) is 5.46. The summed E-state index contributed by atoms with van der Waals surface area (Å²) in [5, 5.41) is 11.1. The molecule has 6 heteroatoms. The molecule has 2 N–H and O–H groups in total. The van der Waals surface area contributed by atoms with Crippen molar-refractivity contribution in [2.45, 2.75) is 36.5 Å².